The highest BCUT2D eigenvalue weighted by molar-refractivity contribution is 5.84. The third-order valence-electron chi connectivity index (χ3n) is 2.94. The number of hydrogen-bond acceptors (Lipinski definition) is 7. The van der Waals surface area contributed by atoms with Crippen molar-refractivity contribution in [2.45, 2.75) is 26.8 Å². The number of anilines is 2. The van der Waals surface area contributed by atoms with Gasteiger partial charge in [-0.3, -0.25) is 4.79 Å². The molecule has 4 N–H and O–H groups in total. The first-order chi connectivity index (χ1) is 9.58. The molecule has 0 aromatic carbocycles. The summed E-state index contributed by atoms with van der Waals surface area (Å²) in [7, 11) is 1.49. The smallest absolute Gasteiger partial charge is 0.244 e. The molecule has 0 aliphatic heterocycles. The fraction of sp³-hybridized carbons (Fsp3) is 0.583. The zero-order valence-corrected chi connectivity index (χ0v) is 12.3. The lowest BCUT2D eigenvalue weighted by atomic mass is 10.2. The molecule has 1 heterocycles. The van der Waals surface area contributed by atoms with Gasteiger partial charge in [0.15, 0.2) is 11.6 Å². The predicted octanol–water partition coefficient (Wildman–Crippen LogP) is 0.440. The molecule has 1 unspecified atom stereocenters. The summed E-state index contributed by atoms with van der Waals surface area (Å²) in [5.74, 6) is 6.50. The normalized spacial score (nSPS) is 11.7. The molecule has 1 amide bonds. The number of ether oxygens (including phenoxy) is 1. The maximum atomic E-state index is 12.2. The zero-order valence-electron chi connectivity index (χ0n) is 12.3. The van der Waals surface area contributed by atoms with Crippen molar-refractivity contribution in [3.8, 4) is 5.75 Å². The third-order valence-corrected chi connectivity index (χ3v) is 2.94. The van der Waals surface area contributed by atoms with Crippen molar-refractivity contribution in [1.29, 1.82) is 0 Å². The number of carbonyl (C=O) groups is 1. The molecule has 1 atom stereocenters. The van der Waals surface area contributed by atoms with Crippen molar-refractivity contribution in [2.75, 3.05) is 30.9 Å². The molecule has 0 radical (unpaired) electrons. The number of nitrogens with one attached hydrogen (secondary N) is 2. The van der Waals surface area contributed by atoms with E-state index in [2.05, 4.69) is 20.7 Å². The molecule has 0 aliphatic carbocycles. The predicted molar refractivity (Wildman–Crippen MR) is 77.4 cm³/mol. The lowest BCUT2D eigenvalue weighted by molar-refractivity contribution is -0.131. The van der Waals surface area contributed by atoms with E-state index in [1.807, 2.05) is 13.8 Å². The average Bonchev–Trinajstić information content (AvgIpc) is 2.47. The number of carbonyl (C=O) groups excluding carboxylic acids is 1. The summed E-state index contributed by atoms with van der Waals surface area (Å²) in [6.45, 7) is 6.99. The monoisotopic (exact) mass is 282 g/mol. The molecule has 1 rings (SSSR count). The number of hydrogen-bond donors (Lipinski definition) is 3. The van der Waals surface area contributed by atoms with Crippen LogP contribution in [0.25, 0.3) is 0 Å². The summed E-state index contributed by atoms with van der Waals surface area (Å²) >= 11 is 0. The number of amides is 1. The first-order valence-electron chi connectivity index (χ1n) is 6.49. The molecule has 0 fully saturated rings. The highest BCUT2D eigenvalue weighted by atomic mass is 16.5. The van der Waals surface area contributed by atoms with E-state index in [0.717, 1.165) is 0 Å². The number of nitrogen functional groups attached to an aromatic ring is 1. The molecule has 0 bridgehead atoms. The van der Waals surface area contributed by atoms with E-state index in [1.165, 1.54) is 13.4 Å². The minimum absolute atomic E-state index is 0.00192. The van der Waals surface area contributed by atoms with Crippen LogP contribution >= 0.6 is 0 Å². The highest BCUT2D eigenvalue weighted by Gasteiger charge is 2.21. The number of hydrazine groups is 1. The highest BCUT2D eigenvalue weighted by Crippen LogP contribution is 2.28. The standard InChI is InChI=1S/C12H22N6O2/c1-5-18(6-2)12(19)8(3)16-10-9(20-4)11(17-13)15-7-14-10/h7-8H,5-6,13H2,1-4H3,(H2,14,15,16,17). The van der Waals surface area contributed by atoms with Gasteiger partial charge in [-0.25, -0.2) is 15.8 Å². The van der Waals surface area contributed by atoms with E-state index >= 15 is 0 Å². The first kappa shape index (κ1) is 16.0. The van der Waals surface area contributed by atoms with E-state index in [0.29, 0.717) is 30.5 Å². The number of aromatic nitrogens is 2. The maximum absolute atomic E-state index is 12.2. The SMILES string of the molecule is CCN(CC)C(=O)C(C)Nc1ncnc(NN)c1OC. The number of rotatable bonds is 7. The molecule has 1 aromatic heterocycles. The maximum Gasteiger partial charge on any atom is 0.244 e. The van der Waals surface area contributed by atoms with Gasteiger partial charge in [-0.2, -0.15) is 0 Å². The van der Waals surface area contributed by atoms with E-state index in [4.69, 9.17) is 10.6 Å². The molecule has 0 saturated heterocycles. The molecule has 0 aliphatic rings. The van der Waals surface area contributed by atoms with Gasteiger partial charge in [-0.15, -0.1) is 0 Å². The second-order valence-corrected chi connectivity index (χ2v) is 4.13. The van der Waals surface area contributed by atoms with Crippen LogP contribution in [0.4, 0.5) is 11.6 Å². The van der Waals surface area contributed by atoms with Crippen LogP contribution in [0.3, 0.4) is 0 Å². The van der Waals surface area contributed by atoms with Crippen LogP contribution in [0.2, 0.25) is 0 Å². The minimum atomic E-state index is -0.427. The van der Waals surface area contributed by atoms with E-state index in [9.17, 15) is 4.79 Å². The van der Waals surface area contributed by atoms with Gasteiger partial charge >= 0.3 is 0 Å². The number of methoxy groups -OCH3 is 1. The molecular weight excluding hydrogens is 260 g/mol. The van der Waals surface area contributed by atoms with Crippen molar-refractivity contribution >= 4 is 17.5 Å². The Morgan fingerprint density at radius 2 is 2.00 bits per heavy atom. The third kappa shape index (κ3) is 3.47. The van der Waals surface area contributed by atoms with Crippen molar-refractivity contribution in [3.63, 3.8) is 0 Å². The van der Waals surface area contributed by atoms with Crippen LogP contribution in [0.15, 0.2) is 6.33 Å². The van der Waals surface area contributed by atoms with E-state index < -0.39 is 6.04 Å². The molecule has 8 nitrogen and oxygen atoms in total. The largest absolute Gasteiger partial charge is 0.490 e. The minimum Gasteiger partial charge on any atom is -0.490 e. The summed E-state index contributed by atoms with van der Waals surface area (Å²) < 4.78 is 5.21. The number of nitrogens with zero attached hydrogens (tertiary/aromatic N) is 3. The fourth-order valence-corrected chi connectivity index (χ4v) is 1.85. The van der Waals surface area contributed by atoms with Crippen LogP contribution in [0, 0.1) is 0 Å². The zero-order chi connectivity index (χ0) is 15.1. The summed E-state index contributed by atoms with van der Waals surface area (Å²) in [5, 5.41) is 3.02. The average molecular weight is 282 g/mol. The van der Waals surface area contributed by atoms with E-state index in [1.54, 1.807) is 11.8 Å². The van der Waals surface area contributed by atoms with Gasteiger partial charge in [0.25, 0.3) is 0 Å². The van der Waals surface area contributed by atoms with Gasteiger partial charge in [0, 0.05) is 13.1 Å². The molecular formula is C12H22N6O2. The number of nitrogens with two attached hydrogens (primary N) is 1. The lowest BCUT2D eigenvalue weighted by Gasteiger charge is -2.24. The number of likely N-dealkylation sites (N-methyl/N-ethyl adjacent to an activating group) is 1. The Balaban J connectivity index is 2.90. The van der Waals surface area contributed by atoms with Gasteiger partial charge in [-0.1, -0.05) is 0 Å². The van der Waals surface area contributed by atoms with Gasteiger partial charge in [0.1, 0.15) is 12.4 Å². The second-order valence-electron chi connectivity index (χ2n) is 4.13. The summed E-state index contributed by atoms with van der Waals surface area (Å²) in [6.07, 6.45) is 1.34. The van der Waals surface area contributed by atoms with Gasteiger partial charge in [-0.05, 0) is 20.8 Å². The molecule has 112 valence electrons. The van der Waals surface area contributed by atoms with Crippen LogP contribution in [0.5, 0.6) is 5.75 Å². The van der Waals surface area contributed by atoms with Crippen molar-refractivity contribution in [2.24, 2.45) is 5.84 Å². The Morgan fingerprint density at radius 1 is 1.40 bits per heavy atom. The van der Waals surface area contributed by atoms with Crippen molar-refractivity contribution < 1.29 is 9.53 Å². The lowest BCUT2D eigenvalue weighted by Crippen LogP contribution is -2.41. The molecule has 20 heavy (non-hydrogen) atoms. The van der Waals surface area contributed by atoms with Crippen molar-refractivity contribution in [3.05, 3.63) is 6.33 Å². The van der Waals surface area contributed by atoms with Gasteiger partial charge < -0.3 is 20.4 Å². The molecule has 0 spiro atoms. The van der Waals surface area contributed by atoms with Crippen LogP contribution in [-0.2, 0) is 4.79 Å². The second kappa shape index (κ2) is 7.49. The summed E-state index contributed by atoms with van der Waals surface area (Å²) in [5.41, 5.74) is 2.42. The fourth-order valence-electron chi connectivity index (χ4n) is 1.85. The topological polar surface area (TPSA) is 105 Å². The van der Waals surface area contributed by atoms with Crippen molar-refractivity contribution in [1.82, 2.24) is 14.9 Å². The molecule has 1 aromatic rings. The Morgan fingerprint density at radius 3 is 2.50 bits per heavy atom. The Bertz CT molecular complexity index is 450. The first-order valence-corrected chi connectivity index (χ1v) is 6.49. The molecule has 8 heteroatoms. The summed E-state index contributed by atoms with van der Waals surface area (Å²) in [4.78, 5) is 22.0. The Labute approximate surface area is 118 Å². The molecule has 0 saturated carbocycles. The van der Waals surface area contributed by atoms with Crippen LogP contribution in [-0.4, -0.2) is 47.0 Å². The Hall–Kier alpha value is -2.09. The quantitative estimate of drug-likeness (QED) is 0.492. The Kier molecular flexibility index (Phi) is 5.98. The summed E-state index contributed by atoms with van der Waals surface area (Å²) in [6, 6.07) is -0.427. The van der Waals surface area contributed by atoms with Crippen LogP contribution in [0.1, 0.15) is 20.8 Å². The van der Waals surface area contributed by atoms with E-state index in [-0.39, 0.29) is 5.91 Å². The van der Waals surface area contributed by atoms with Crippen LogP contribution < -0.4 is 21.3 Å². The van der Waals surface area contributed by atoms with Gasteiger partial charge in [0.05, 0.1) is 7.11 Å². The van der Waals surface area contributed by atoms with Gasteiger partial charge in [0.2, 0.25) is 11.7 Å².